The van der Waals surface area contributed by atoms with Crippen LogP contribution in [0, 0.1) is 0 Å². The molecule has 2 unspecified atom stereocenters. The first-order chi connectivity index (χ1) is 31.5. The van der Waals surface area contributed by atoms with Gasteiger partial charge in [0.15, 0.2) is 0 Å². The quantitative estimate of drug-likeness (QED) is 0.113. The molecule has 2 nitrogen and oxygen atoms in total. The van der Waals surface area contributed by atoms with Crippen molar-refractivity contribution < 1.29 is 8.83 Å². The van der Waals surface area contributed by atoms with Crippen LogP contribution in [0.1, 0.15) is 47.2 Å². The second-order valence-corrected chi connectivity index (χ2v) is 19.2. The van der Waals surface area contributed by atoms with Gasteiger partial charge in [0.1, 0.15) is 22.3 Å². The number of furan rings is 2. The highest BCUT2D eigenvalue weighted by atomic mass is 16.3. The van der Waals surface area contributed by atoms with Crippen LogP contribution in [0.5, 0.6) is 0 Å². The van der Waals surface area contributed by atoms with Crippen LogP contribution in [0.25, 0.3) is 131 Å². The maximum absolute atomic E-state index is 6.96. The molecule has 0 amide bonds. The Bertz CT molecular complexity index is 4170. The summed E-state index contributed by atoms with van der Waals surface area (Å²) in [5.74, 6) is 0. The zero-order chi connectivity index (χ0) is 41.5. The SMILES string of the molecule is CC12c3ccccc3-c3ccc4c(c(cc5cc6c(cc7c8c9c(ccc86)-c6ccccc6C9(C)c6ccc8c(oc9ccccc98)c6-7)cc54)-c4c1ccc1c4oc4ccccc41)c32. The maximum atomic E-state index is 6.96. The zero-order valence-electron chi connectivity index (χ0n) is 35.0. The second kappa shape index (κ2) is 10.5. The molecule has 2 heterocycles. The number of hydrogen-bond acceptors (Lipinski definition) is 2. The average molecular weight is 811 g/mol. The predicted molar refractivity (Wildman–Crippen MR) is 264 cm³/mol. The highest BCUT2D eigenvalue weighted by molar-refractivity contribution is 6.28. The van der Waals surface area contributed by atoms with Crippen LogP contribution in [0.4, 0.5) is 0 Å². The molecule has 0 N–H and O–H groups in total. The summed E-state index contributed by atoms with van der Waals surface area (Å²) in [6.07, 6.45) is 0. The molecule has 0 radical (unpaired) electrons. The first kappa shape index (κ1) is 32.7. The van der Waals surface area contributed by atoms with Crippen molar-refractivity contribution in [2.24, 2.45) is 0 Å². The van der Waals surface area contributed by atoms with Gasteiger partial charge < -0.3 is 8.83 Å². The van der Waals surface area contributed by atoms with Gasteiger partial charge in [-0.1, -0.05) is 133 Å². The topological polar surface area (TPSA) is 26.3 Å². The van der Waals surface area contributed by atoms with Crippen molar-refractivity contribution in [1.82, 2.24) is 0 Å². The van der Waals surface area contributed by atoms with Gasteiger partial charge in [-0.3, -0.25) is 0 Å². The van der Waals surface area contributed by atoms with Crippen molar-refractivity contribution in [2.45, 2.75) is 24.7 Å². The molecule has 2 atom stereocenters. The summed E-state index contributed by atoms with van der Waals surface area (Å²) in [7, 11) is 0. The Morgan fingerprint density at radius 2 is 0.734 bits per heavy atom. The summed E-state index contributed by atoms with van der Waals surface area (Å²) >= 11 is 0. The van der Waals surface area contributed by atoms with Gasteiger partial charge in [0, 0.05) is 43.5 Å². The van der Waals surface area contributed by atoms with E-state index in [1.807, 2.05) is 0 Å². The van der Waals surface area contributed by atoms with E-state index >= 15 is 0 Å². The molecule has 11 aromatic carbocycles. The standard InChI is InChI=1S/C62H34O2/c1-61-47-15-7-3-11-33(47)39-21-19-37-43-27-32-30-46-54-38(44(32)28-31(43)29-45(53(37)57(39)61)55-49(61)25-23-41-35-13-5-9-17-51(35)63-59(41)55)20-22-40-34-12-4-8-16-48(34)62(2,58(40)54)50-26-24-42-36-14-6-10-18-52(36)64-60(42)56(46)50/h3-30H,1-2H3. The molecule has 0 spiro atoms. The first-order valence-corrected chi connectivity index (χ1v) is 22.6. The van der Waals surface area contributed by atoms with Crippen LogP contribution in [0.2, 0.25) is 0 Å². The molecule has 64 heavy (non-hydrogen) atoms. The van der Waals surface area contributed by atoms with Gasteiger partial charge in [-0.15, -0.1) is 0 Å². The number of para-hydroxylation sites is 2. The molecule has 4 aliphatic rings. The van der Waals surface area contributed by atoms with Gasteiger partial charge in [-0.05, 0) is 160 Å². The van der Waals surface area contributed by atoms with E-state index in [1.165, 1.54) is 132 Å². The third kappa shape index (κ3) is 3.38. The van der Waals surface area contributed by atoms with E-state index in [4.69, 9.17) is 8.83 Å². The zero-order valence-corrected chi connectivity index (χ0v) is 35.0. The molecular formula is C62H34O2. The van der Waals surface area contributed by atoms with Crippen LogP contribution < -0.4 is 0 Å². The lowest BCUT2D eigenvalue weighted by molar-refractivity contribution is 0.663. The Labute approximate surface area is 366 Å². The Kier molecular flexibility index (Phi) is 5.35. The minimum atomic E-state index is -0.349. The maximum Gasteiger partial charge on any atom is 0.143 e. The van der Waals surface area contributed by atoms with Crippen molar-refractivity contribution >= 4 is 87.0 Å². The van der Waals surface area contributed by atoms with Crippen molar-refractivity contribution in [1.29, 1.82) is 0 Å². The van der Waals surface area contributed by atoms with Crippen LogP contribution in [-0.2, 0) is 10.8 Å². The van der Waals surface area contributed by atoms with Gasteiger partial charge >= 0.3 is 0 Å². The summed E-state index contributed by atoms with van der Waals surface area (Å²) < 4.78 is 13.9. The summed E-state index contributed by atoms with van der Waals surface area (Å²) in [4.78, 5) is 0. The van der Waals surface area contributed by atoms with E-state index < -0.39 is 0 Å². The molecule has 0 aliphatic heterocycles. The first-order valence-electron chi connectivity index (χ1n) is 22.6. The Morgan fingerprint density at radius 1 is 0.312 bits per heavy atom. The molecule has 2 aromatic heterocycles. The number of rotatable bonds is 0. The van der Waals surface area contributed by atoms with E-state index in [2.05, 4.69) is 184 Å². The summed E-state index contributed by atoms with van der Waals surface area (Å²) in [5, 5.41) is 14.9. The molecule has 13 aromatic rings. The average Bonchev–Trinajstić information content (AvgIpc) is 4.06. The molecule has 0 bridgehead atoms. The van der Waals surface area contributed by atoms with Gasteiger partial charge in [-0.2, -0.15) is 0 Å². The second-order valence-electron chi connectivity index (χ2n) is 19.2. The molecular weight excluding hydrogens is 777 g/mol. The lowest BCUT2D eigenvalue weighted by Gasteiger charge is -2.36. The van der Waals surface area contributed by atoms with Crippen molar-refractivity contribution in [3.8, 4) is 44.5 Å². The van der Waals surface area contributed by atoms with E-state index in [0.717, 1.165) is 33.1 Å². The molecule has 0 saturated carbocycles. The fourth-order valence-electron chi connectivity index (χ4n) is 14.0. The Morgan fingerprint density at radius 3 is 1.22 bits per heavy atom. The fourth-order valence-corrected chi connectivity index (χ4v) is 14.0. The van der Waals surface area contributed by atoms with Gasteiger partial charge in [0.05, 0.1) is 0 Å². The normalized spacial score (nSPS) is 18.3. The van der Waals surface area contributed by atoms with Crippen LogP contribution >= 0.6 is 0 Å². The minimum absolute atomic E-state index is 0.349. The summed E-state index contributed by atoms with van der Waals surface area (Å²) in [6.45, 7) is 4.91. The smallest absolute Gasteiger partial charge is 0.143 e. The largest absolute Gasteiger partial charge is 0.455 e. The highest BCUT2D eigenvalue weighted by Crippen LogP contribution is 2.65. The monoisotopic (exact) mass is 810 g/mol. The van der Waals surface area contributed by atoms with Crippen molar-refractivity contribution in [2.75, 3.05) is 0 Å². The lowest BCUT2D eigenvalue weighted by Crippen LogP contribution is -2.26. The highest BCUT2D eigenvalue weighted by Gasteiger charge is 2.49. The van der Waals surface area contributed by atoms with Gasteiger partial charge in [0.25, 0.3) is 0 Å². The Balaban J connectivity index is 1.05. The van der Waals surface area contributed by atoms with E-state index in [1.54, 1.807) is 0 Å². The molecule has 294 valence electrons. The van der Waals surface area contributed by atoms with E-state index in [0.29, 0.717) is 0 Å². The Hall–Kier alpha value is -7.94. The summed E-state index contributed by atoms with van der Waals surface area (Å²) in [5.41, 5.74) is 21.6. The van der Waals surface area contributed by atoms with Crippen LogP contribution in [0.3, 0.4) is 0 Å². The van der Waals surface area contributed by atoms with Gasteiger partial charge in [0.2, 0.25) is 0 Å². The fraction of sp³-hybridized carbons (Fsp3) is 0.0645. The number of hydrogen-bond donors (Lipinski definition) is 0. The molecule has 0 saturated heterocycles. The van der Waals surface area contributed by atoms with Crippen molar-refractivity contribution in [3.05, 3.63) is 203 Å². The van der Waals surface area contributed by atoms with E-state index in [-0.39, 0.29) is 10.8 Å². The summed E-state index contributed by atoms with van der Waals surface area (Å²) in [6, 6.07) is 64.2. The molecule has 0 fully saturated rings. The predicted octanol–water partition coefficient (Wildman–Crippen LogP) is 16.7. The molecule has 4 aliphatic carbocycles. The van der Waals surface area contributed by atoms with E-state index in [9.17, 15) is 0 Å². The van der Waals surface area contributed by atoms with Crippen LogP contribution in [0.15, 0.2) is 179 Å². The lowest BCUT2D eigenvalue weighted by atomic mass is 9.65. The molecule has 2 heteroatoms. The van der Waals surface area contributed by atoms with Gasteiger partial charge in [-0.25, -0.2) is 0 Å². The number of fused-ring (bicyclic) bond motifs is 24. The third-order valence-electron chi connectivity index (χ3n) is 16.6. The van der Waals surface area contributed by atoms with Crippen molar-refractivity contribution in [3.63, 3.8) is 0 Å². The number of benzene rings is 11. The minimum Gasteiger partial charge on any atom is -0.455 e. The third-order valence-corrected chi connectivity index (χ3v) is 16.6. The molecule has 17 rings (SSSR count). The van der Waals surface area contributed by atoms with Crippen LogP contribution in [-0.4, -0.2) is 0 Å².